The Hall–Kier alpha value is -3.59. The summed E-state index contributed by atoms with van der Waals surface area (Å²) < 4.78 is 21.7. The monoisotopic (exact) mass is 557 g/mol. The summed E-state index contributed by atoms with van der Waals surface area (Å²) >= 11 is 18.5. The first-order valence-electron chi connectivity index (χ1n) is 11.3. The van der Waals surface area contributed by atoms with E-state index >= 15 is 4.39 Å². The molecule has 0 bridgehead atoms. The summed E-state index contributed by atoms with van der Waals surface area (Å²) in [4.78, 5) is 17.3. The minimum Gasteiger partial charge on any atom is -0.351 e. The third-order valence-electron chi connectivity index (χ3n) is 5.71. The molecule has 0 fully saturated rings. The zero-order valence-corrected chi connectivity index (χ0v) is 21.6. The number of amides is 1. The quantitative estimate of drug-likeness (QED) is 0.204. The molecule has 37 heavy (non-hydrogen) atoms. The molecule has 1 amide bonds. The first-order valence-corrected chi connectivity index (χ1v) is 12.4. The molecule has 11 heteroatoms. The molecule has 0 atom stereocenters. The number of aryl methyl sites for hydroxylation is 1. The molecule has 0 saturated carbocycles. The molecule has 0 radical (unpaired) electrons. The van der Waals surface area contributed by atoms with Gasteiger partial charge in [0, 0.05) is 28.8 Å². The van der Waals surface area contributed by atoms with Gasteiger partial charge in [0.2, 0.25) is 11.7 Å². The number of para-hydroxylation sites is 2. The van der Waals surface area contributed by atoms with Gasteiger partial charge in [-0.1, -0.05) is 71.1 Å². The maximum Gasteiger partial charge on any atom is 0.308 e. The van der Waals surface area contributed by atoms with Gasteiger partial charge in [0.05, 0.1) is 26.8 Å². The molecular weight excluding hydrogens is 540 g/mol. The van der Waals surface area contributed by atoms with E-state index in [4.69, 9.17) is 39.3 Å². The highest BCUT2D eigenvalue weighted by molar-refractivity contribution is 6.45. The first kappa shape index (κ1) is 25.1. The van der Waals surface area contributed by atoms with Crippen LogP contribution in [0.25, 0.3) is 22.2 Å². The molecule has 0 aliphatic heterocycles. The molecule has 7 nitrogen and oxygen atoms in total. The van der Waals surface area contributed by atoms with E-state index < -0.39 is 11.7 Å². The second-order valence-electron chi connectivity index (χ2n) is 8.15. The van der Waals surface area contributed by atoms with Crippen LogP contribution >= 0.6 is 34.8 Å². The molecule has 0 saturated heterocycles. The van der Waals surface area contributed by atoms with Gasteiger partial charge in [-0.2, -0.15) is 0 Å². The Bertz CT molecular complexity index is 1630. The first-order chi connectivity index (χ1) is 17.8. The predicted molar refractivity (Wildman–Crippen MR) is 143 cm³/mol. The van der Waals surface area contributed by atoms with E-state index in [1.807, 2.05) is 25.1 Å². The van der Waals surface area contributed by atoms with E-state index in [1.165, 1.54) is 16.8 Å². The highest BCUT2D eigenvalue weighted by Crippen LogP contribution is 2.37. The number of benzene rings is 3. The highest BCUT2D eigenvalue weighted by atomic mass is 35.5. The lowest BCUT2D eigenvalue weighted by atomic mass is 10.0. The van der Waals surface area contributed by atoms with E-state index in [0.29, 0.717) is 55.8 Å². The fourth-order valence-corrected chi connectivity index (χ4v) is 4.51. The largest absolute Gasteiger partial charge is 0.351 e. The summed E-state index contributed by atoms with van der Waals surface area (Å²) in [6, 6.07) is 16.7. The minimum atomic E-state index is -0.494. The number of rotatable bonds is 7. The van der Waals surface area contributed by atoms with Crippen molar-refractivity contribution in [1.82, 2.24) is 14.8 Å². The molecule has 2 aromatic heterocycles. The molecular formula is C26H19Cl3FN5O2. The van der Waals surface area contributed by atoms with Gasteiger partial charge < -0.3 is 9.84 Å². The lowest BCUT2D eigenvalue weighted by molar-refractivity contribution is 0.0973. The summed E-state index contributed by atoms with van der Waals surface area (Å²) in [6.07, 6.45) is 0.637. The number of carbonyl (C=O) groups excluding carboxylic acids is 1. The second-order valence-corrected chi connectivity index (χ2v) is 9.37. The van der Waals surface area contributed by atoms with Crippen molar-refractivity contribution in [3.8, 4) is 11.1 Å². The number of nitrogens with zero attached hydrogens (tertiary/aromatic N) is 3. The Kier molecular flexibility index (Phi) is 7.06. The number of halogens is 4. The summed E-state index contributed by atoms with van der Waals surface area (Å²) in [5.41, 5.74) is 6.17. The molecule has 0 aliphatic carbocycles. The molecule has 2 heterocycles. The minimum absolute atomic E-state index is 0.0713. The molecule has 0 unspecified atom stereocenters. The van der Waals surface area contributed by atoms with Crippen molar-refractivity contribution < 1.29 is 13.7 Å². The number of imidazole rings is 1. The Morgan fingerprint density at radius 2 is 1.89 bits per heavy atom. The topological polar surface area (TPSA) is 85.0 Å². The third-order valence-corrected chi connectivity index (χ3v) is 6.73. The Morgan fingerprint density at radius 1 is 1.08 bits per heavy atom. The number of aromatic nitrogens is 3. The van der Waals surface area contributed by atoms with Crippen LogP contribution in [-0.2, 0) is 13.0 Å². The van der Waals surface area contributed by atoms with Crippen LogP contribution in [0.1, 0.15) is 28.7 Å². The van der Waals surface area contributed by atoms with Crippen LogP contribution in [-0.4, -0.2) is 20.7 Å². The molecule has 188 valence electrons. The third kappa shape index (κ3) is 5.13. The Balaban J connectivity index is 1.40. The summed E-state index contributed by atoms with van der Waals surface area (Å²) in [5.74, 6) is -0.566. The van der Waals surface area contributed by atoms with E-state index in [0.717, 1.165) is 0 Å². The van der Waals surface area contributed by atoms with Crippen molar-refractivity contribution in [2.45, 2.75) is 19.9 Å². The molecule has 0 aliphatic rings. The smallest absolute Gasteiger partial charge is 0.308 e. The van der Waals surface area contributed by atoms with Gasteiger partial charge in [-0.25, -0.2) is 14.1 Å². The maximum atomic E-state index is 15.1. The molecule has 3 aromatic carbocycles. The van der Waals surface area contributed by atoms with Gasteiger partial charge in [-0.3, -0.25) is 10.2 Å². The number of carbonyl (C=O) groups is 1. The van der Waals surface area contributed by atoms with Gasteiger partial charge in [-0.15, -0.1) is 0 Å². The van der Waals surface area contributed by atoms with Crippen LogP contribution in [0.5, 0.6) is 0 Å². The van der Waals surface area contributed by atoms with Crippen molar-refractivity contribution in [3.05, 3.63) is 98.6 Å². The number of fused-ring (bicyclic) bond motifs is 1. The Morgan fingerprint density at radius 3 is 2.65 bits per heavy atom. The number of anilines is 1. The zero-order chi connectivity index (χ0) is 26.1. The van der Waals surface area contributed by atoms with Crippen molar-refractivity contribution >= 4 is 57.7 Å². The Labute approximate surface area is 226 Å². The van der Waals surface area contributed by atoms with Crippen molar-refractivity contribution in [1.29, 1.82) is 0 Å². The maximum absolute atomic E-state index is 15.1. The number of nitrogens with one attached hydrogen (secondary N) is 2. The summed E-state index contributed by atoms with van der Waals surface area (Å²) in [7, 11) is 0. The van der Waals surface area contributed by atoms with Crippen LogP contribution < -0.4 is 10.7 Å². The van der Waals surface area contributed by atoms with Crippen LogP contribution in [0.3, 0.4) is 0 Å². The SMILES string of the molecule is CCc1cc(C(=O)Nn2c(NCc3ccc(-c4cc(Cl)cc(Cl)c4Cl)cc3F)nc3ccccc32)on1. The van der Waals surface area contributed by atoms with Gasteiger partial charge in [0.25, 0.3) is 0 Å². The normalized spacial score (nSPS) is 11.2. The van der Waals surface area contributed by atoms with Crippen molar-refractivity contribution in [2.75, 3.05) is 10.7 Å². The van der Waals surface area contributed by atoms with Gasteiger partial charge in [0.1, 0.15) is 5.82 Å². The van der Waals surface area contributed by atoms with Gasteiger partial charge in [-0.05, 0) is 42.3 Å². The van der Waals surface area contributed by atoms with Crippen LogP contribution in [0.15, 0.2) is 65.2 Å². The number of hydrogen-bond acceptors (Lipinski definition) is 5. The lowest BCUT2D eigenvalue weighted by Crippen LogP contribution is -2.24. The average molecular weight is 559 g/mol. The predicted octanol–water partition coefficient (Wildman–Crippen LogP) is 7.35. The van der Waals surface area contributed by atoms with Crippen LogP contribution in [0.4, 0.5) is 10.3 Å². The average Bonchev–Trinajstić information content (AvgIpc) is 3.50. The van der Waals surface area contributed by atoms with Crippen molar-refractivity contribution in [2.24, 2.45) is 0 Å². The summed E-state index contributed by atoms with van der Waals surface area (Å²) in [5, 5.41) is 7.93. The molecule has 0 spiro atoms. The lowest BCUT2D eigenvalue weighted by Gasteiger charge is -2.13. The zero-order valence-electron chi connectivity index (χ0n) is 19.4. The van der Waals surface area contributed by atoms with Crippen LogP contribution in [0.2, 0.25) is 15.1 Å². The van der Waals surface area contributed by atoms with E-state index in [1.54, 1.807) is 30.3 Å². The summed E-state index contributed by atoms with van der Waals surface area (Å²) in [6.45, 7) is 2.01. The molecule has 5 rings (SSSR count). The fraction of sp³-hybridized carbons (Fsp3) is 0.115. The van der Waals surface area contributed by atoms with E-state index in [2.05, 4.69) is 20.9 Å². The van der Waals surface area contributed by atoms with Crippen molar-refractivity contribution in [3.63, 3.8) is 0 Å². The fourth-order valence-electron chi connectivity index (χ4n) is 3.80. The van der Waals surface area contributed by atoms with Crippen LogP contribution in [0, 0.1) is 5.82 Å². The van der Waals surface area contributed by atoms with E-state index in [-0.39, 0.29) is 17.3 Å². The highest BCUT2D eigenvalue weighted by Gasteiger charge is 2.18. The van der Waals surface area contributed by atoms with E-state index in [9.17, 15) is 4.79 Å². The second kappa shape index (κ2) is 10.4. The van der Waals surface area contributed by atoms with Gasteiger partial charge >= 0.3 is 5.91 Å². The molecule has 5 aromatic rings. The number of hydrogen-bond donors (Lipinski definition) is 2. The standard InChI is InChI=1S/C26H19Cl3FN5O2/c1-2-17-12-23(37-34-17)25(36)33-35-22-6-4-3-5-21(22)32-26(35)31-13-15-8-7-14(9-20(15)30)18-10-16(27)11-19(28)24(18)29/h3-12H,2,13H2,1H3,(H,31,32)(H,33,36). The molecule has 2 N–H and O–H groups in total. The van der Waals surface area contributed by atoms with Gasteiger partial charge in [0.15, 0.2) is 0 Å².